The summed E-state index contributed by atoms with van der Waals surface area (Å²) in [5.74, 6) is -7.02. The zero-order valence-corrected chi connectivity index (χ0v) is 42.2. The molecule has 398 valence electrons. The lowest BCUT2D eigenvalue weighted by atomic mass is 9.77. The molecule has 3 aromatic carbocycles. The number of rotatable bonds is 25. The first-order valence-corrected chi connectivity index (χ1v) is 24.0. The molecule has 22 nitrogen and oxygen atoms in total. The summed E-state index contributed by atoms with van der Waals surface area (Å²) in [5, 5.41) is 67.4. The Morgan fingerprint density at radius 2 is 1.33 bits per heavy atom. The first kappa shape index (κ1) is 57.3. The van der Waals surface area contributed by atoms with Crippen LogP contribution in [0.2, 0.25) is 0 Å². The van der Waals surface area contributed by atoms with Gasteiger partial charge in [0.05, 0.1) is 5.56 Å². The zero-order valence-electron chi connectivity index (χ0n) is 41.4. The maximum absolute atomic E-state index is 13.7. The number of aromatic hydroxyl groups is 1. The van der Waals surface area contributed by atoms with E-state index < -0.39 is 89.6 Å². The number of benzene rings is 4. The van der Waals surface area contributed by atoms with E-state index in [0.29, 0.717) is 34.2 Å². The number of carbonyl (C=O) groups excluding carboxylic acids is 4. The van der Waals surface area contributed by atoms with E-state index in [9.17, 15) is 63.6 Å². The lowest BCUT2D eigenvalue weighted by Crippen LogP contribution is -2.51. The number of carboxylic acids is 4. The quantitative estimate of drug-likeness (QED) is 0.0215. The number of carboxylic acid groups (broad SMARTS) is 4. The second kappa shape index (κ2) is 25.4. The Hall–Kier alpha value is -8.60. The fraction of sp³-hybridized carbons (Fsp3) is 0.346. The van der Waals surface area contributed by atoms with E-state index in [1.807, 2.05) is 33.0 Å². The molecule has 3 aromatic rings. The van der Waals surface area contributed by atoms with Gasteiger partial charge in [0, 0.05) is 78.6 Å². The Morgan fingerprint density at radius 3 is 1.97 bits per heavy atom. The molecule has 0 saturated carbocycles. The summed E-state index contributed by atoms with van der Waals surface area (Å²) in [6.45, 7) is 7.37. The molecule has 5 rings (SSSR count). The third kappa shape index (κ3) is 17.3. The van der Waals surface area contributed by atoms with Crippen LogP contribution in [-0.2, 0) is 35.2 Å². The van der Waals surface area contributed by atoms with Gasteiger partial charge >= 0.3 is 29.9 Å². The van der Waals surface area contributed by atoms with Gasteiger partial charge < -0.3 is 67.2 Å². The number of amides is 5. The van der Waals surface area contributed by atoms with Gasteiger partial charge in [0.15, 0.2) is 10.5 Å². The SMILES string of the molecule is CC(C)(CC(=O)N[C@@H](Cc1ccccc1)C(=O)NCCNC(=O)CC[C@H](NC(=O)N[C@@H](CCC(=O)O)C(=O)O)C(=O)O)CC(C)(C)NC(=S)Nc1ccc(-c2c3ccc(=O)cc-3oc3cc(O)ccc23)c(C(=O)O)c1. The van der Waals surface area contributed by atoms with Crippen molar-refractivity contribution < 1.29 is 68.3 Å². The number of phenols is 1. The number of aromatic carboxylic acids is 1. The van der Waals surface area contributed by atoms with Gasteiger partial charge in [-0.2, -0.15) is 0 Å². The van der Waals surface area contributed by atoms with Gasteiger partial charge in [0.2, 0.25) is 17.7 Å². The van der Waals surface area contributed by atoms with Gasteiger partial charge in [-0.05, 0) is 98.3 Å². The van der Waals surface area contributed by atoms with E-state index in [0.717, 1.165) is 5.56 Å². The van der Waals surface area contributed by atoms with Crippen LogP contribution in [0.15, 0.2) is 94.1 Å². The highest BCUT2D eigenvalue weighted by atomic mass is 32.1. The summed E-state index contributed by atoms with van der Waals surface area (Å²) in [5.41, 5.74) is 0.853. The highest BCUT2D eigenvalue weighted by Crippen LogP contribution is 2.42. The van der Waals surface area contributed by atoms with Crippen molar-refractivity contribution in [1.29, 1.82) is 0 Å². The third-order valence-electron chi connectivity index (χ3n) is 11.7. The summed E-state index contributed by atoms with van der Waals surface area (Å²) in [7, 11) is 0. The Labute approximate surface area is 435 Å². The minimum Gasteiger partial charge on any atom is -0.508 e. The molecule has 23 heteroatoms. The van der Waals surface area contributed by atoms with Gasteiger partial charge in [-0.1, -0.05) is 50.2 Å². The van der Waals surface area contributed by atoms with Crippen LogP contribution in [0.3, 0.4) is 0 Å². The molecule has 0 radical (unpaired) electrons. The number of aliphatic carboxylic acids is 3. The lowest BCUT2D eigenvalue weighted by Gasteiger charge is -2.36. The van der Waals surface area contributed by atoms with Crippen LogP contribution in [0, 0.1) is 5.41 Å². The van der Waals surface area contributed by atoms with Crippen molar-refractivity contribution in [2.45, 2.75) is 96.3 Å². The molecule has 3 atom stereocenters. The van der Waals surface area contributed by atoms with Crippen molar-refractivity contribution in [1.82, 2.24) is 31.9 Å². The number of hydrogen-bond acceptors (Lipinski definition) is 12. The minimum absolute atomic E-state index is 0.0129. The molecule has 1 heterocycles. The van der Waals surface area contributed by atoms with Crippen LogP contribution in [0.1, 0.15) is 82.1 Å². The molecule has 0 spiro atoms. The number of anilines is 1. The van der Waals surface area contributed by atoms with Crippen molar-refractivity contribution in [3.8, 4) is 28.2 Å². The first-order valence-electron chi connectivity index (χ1n) is 23.6. The van der Waals surface area contributed by atoms with Gasteiger partial charge in [-0.15, -0.1) is 0 Å². The molecule has 0 unspecified atom stereocenters. The van der Waals surface area contributed by atoms with E-state index in [1.165, 1.54) is 30.3 Å². The predicted molar refractivity (Wildman–Crippen MR) is 278 cm³/mol. The fourth-order valence-corrected chi connectivity index (χ4v) is 9.09. The molecule has 0 bridgehead atoms. The summed E-state index contributed by atoms with van der Waals surface area (Å²) in [4.78, 5) is 111. The Morgan fingerprint density at radius 1 is 0.693 bits per heavy atom. The van der Waals surface area contributed by atoms with Crippen molar-refractivity contribution in [2.75, 3.05) is 18.4 Å². The van der Waals surface area contributed by atoms with Crippen LogP contribution in [0.5, 0.6) is 5.75 Å². The number of urea groups is 1. The number of hydrogen-bond donors (Lipinski definition) is 12. The van der Waals surface area contributed by atoms with E-state index in [1.54, 1.807) is 54.6 Å². The molecule has 12 N–H and O–H groups in total. The van der Waals surface area contributed by atoms with E-state index in [4.69, 9.17) is 21.7 Å². The number of nitrogens with one attached hydrogen (secondary N) is 7. The Kier molecular flexibility index (Phi) is 19.4. The lowest BCUT2D eigenvalue weighted by molar-refractivity contribution is -0.141. The highest BCUT2D eigenvalue weighted by molar-refractivity contribution is 7.80. The molecule has 5 amide bonds. The molecular weight excluding hydrogens is 995 g/mol. The number of fused-ring (bicyclic) bond motifs is 2. The summed E-state index contributed by atoms with van der Waals surface area (Å²) in [6.07, 6.45) is -1.27. The van der Waals surface area contributed by atoms with E-state index in [2.05, 4.69) is 31.9 Å². The number of thiocarbonyl (C=S) groups is 1. The monoisotopic (exact) mass is 1050 g/mol. The fourth-order valence-electron chi connectivity index (χ4n) is 8.69. The Balaban J connectivity index is 1.15. The Bertz CT molecular complexity index is 3000. The van der Waals surface area contributed by atoms with Crippen molar-refractivity contribution >= 4 is 81.6 Å². The normalized spacial score (nSPS) is 12.6. The first-order chi connectivity index (χ1) is 35.3. The maximum atomic E-state index is 13.7. The van der Waals surface area contributed by atoms with Crippen molar-refractivity contribution in [2.24, 2.45) is 5.41 Å². The number of phenolic OH excluding ortho intramolecular Hbond substituents is 1. The van der Waals surface area contributed by atoms with Crippen LogP contribution >= 0.6 is 12.2 Å². The largest absolute Gasteiger partial charge is 0.508 e. The summed E-state index contributed by atoms with van der Waals surface area (Å²) in [6, 6.07) is 16.9. The highest BCUT2D eigenvalue weighted by Gasteiger charge is 2.33. The third-order valence-corrected chi connectivity index (χ3v) is 11.9. The van der Waals surface area contributed by atoms with Gasteiger partial charge in [0.1, 0.15) is 35.2 Å². The second-order valence-corrected chi connectivity index (χ2v) is 19.6. The van der Waals surface area contributed by atoms with Crippen LogP contribution < -0.4 is 42.6 Å². The molecule has 1 aliphatic carbocycles. The van der Waals surface area contributed by atoms with Crippen molar-refractivity contribution in [3.63, 3.8) is 0 Å². The smallest absolute Gasteiger partial charge is 0.336 e. The molecular formula is C52H59N7O15S. The van der Waals surface area contributed by atoms with Crippen LogP contribution in [0.25, 0.3) is 33.4 Å². The van der Waals surface area contributed by atoms with Gasteiger partial charge in [0.25, 0.3) is 0 Å². The number of carbonyl (C=O) groups is 8. The van der Waals surface area contributed by atoms with E-state index in [-0.39, 0.29) is 72.0 Å². The van der Waals surface area contributed by atoms with Gasteiger partial charge in [-0.3, -0.25) is 24.0 Å². The summed E-state index contributed by atoms with van der Waals surface area (Å²) >= 11 is 5.68. The molecule has 2 aliphatic rings. The van der Waals surface area contributed by atoms with Crippen molar-refractivity contribution in [3.05, 3.63) is 106 Å². The zero-order chi connectivity index (χ0) is 55.2. The average Bonchev–Trinajstić information content (AvgIpc) is 3.31. The maximum Gasteiger partial charge on any atom is 0.336 e. The second-order valence-electron chi connectivity index (χ2n) is 19.2. The van der Waals surface area contributed by atoms with Crippen LogP contribution in [0.4, 0.5) is 10.5 Å². The van der Waals surface area contributed by atoms with Gasteiger partial charge in [-0.25, -0.2) is 19.2 Å². The average molecular weight is 1050 g/mol. The predicted octanol–water partition coefficient (Wildman–Crippen LogP) is 4.65. The topological polar surface area (TPSA) is 352 Å². The standard InChI is InChI=1S/C52H59N7O15S/c1-51(2,27-52(3,4)59-50(75)55-29-10-13-32(35(23-29)46(67)68)44-33-14-11-30(60)24-39(33)74-40-25-31(61)12-15-34(40)44)26-42(63)56-38(22-28-8-6-5-7-9-28)45(66)54-21-20-53-41(62)18-16-36(47(69)70)57-49(73)58-37(48(71)72)17-19-43(64)65/h5-15,23-25,36-38,60H,16-22,26-27H2,1-4H3,(H,53,62)(H,54,66)(H,56,63)(H,64,65)(H,67,68)(H,69,70)(H,71,72)(H2,55,59,75)(H2,57,58,73)/t36-,37-,38-/m0/s1. The summed E-state index contributed by atoms with van der Waals surface area (Å²) < 4.78 is 5.93. The molecule has 0 fully saturated rings. The molecule has 75 heavy (non-hydrogen) atoms. The van der Waals surface area contributed by atoms with E-state index >= 15 is 0 Å². The van der Waals surface area contributed by atoms with Crippen LogP contribution in [-0.4, -0.2) is 115 Å². The minimum atomic E-state index is -1.60. The molecule has 1 aliphatic heterocycles. The molecule has 0 saturated heterocycles. The molecule has 0 aromatic heterocycles.